The van der Waals surface area contributed by atoms with Crippen LogP contribution in [0.25, 0.3) is 0 Å². The normalized spacial score (nSPS) is 23.5. The Hall–Kier alpha value is -2.88. The number of benzene rings is 2. The number of hydrogen-bond acceptors (Lipinski definition) is 4. The molecule has 1 aliphatic carbocycles. The van der Waals surface area contributed by atoms with Crippen molar-refractivity contribution < 1.29 is 14.7 Å². The van der Waals surface area contributed by atoms with Crippen molar-refractivity contribution in [2.45, 2.75) is 25.3 Å². The van der Waals surface area contributed by atoms with Gasteiger partial charge >= 0.3 is 0 Å². The third-order valence-electron chi connectivity index (χ3n) is 5.27. The largest absolute Gasteiger partial charge is 0.545 e. The summed E-state index contributed by atoms with van der Waals surface area (Å²) in [7, 11) is 0. The number of hydrogen-bond donors (Lipinski definition) is 1. The first-order valence-electron chi connectivity index (χ1n) is 8.44. The number of rotatable bonds is 3. The number of carbonyl (C=O) groups is 2. The van der Waals surface area contributed by atoms with Crippen molar-refractivity contribution in [1.29, 1.82) is 0 Å². The Bertz CT molecular complexity index is 883. The van der Waals surface area contributed by atoms with E-state index < -0.39 is 5.97 Å². The second-order valence-electron chi connectivity index (χ2n) is 6.74. The molecule has 25 heavy (non-hydrogen) atoms. The zero-order valence-corrected chi connectivity index (χ0v) is 13.9. The van der Waals surface area contributed by atoms with E-state index in [1.165, 1.54) is 0 Å². The Labute approximate surface area is 146 Å². The second-order valence-corrected chi connectivity index (χ2v) is 6.74. The van der Waals surface area contributed by atoms with E-state index in [1.807, 2.05) is 30.3 Å². The zero-order valence-electron chi connectivity index (χ0n) is 13.9. The molecule has 0 unspecified atom stereocenters. The van der Waals surface area contributed by atoms with Crippen LogP contribution in [0.4, 0.5) is 5.69 Å². The molecule has 0 aromatic heterocycles. The first kappa shape index (κ1) is 15.6. The highest BCUT2D eigenvalue weighted by molar-refractivity contribution is 5.95. The van der Waals surface area contributed by atoms with Gasteiger partial charge in [-0.25, -0.2) is 0 Å². The number of anilines is 1. The Kier molecular flexibility index (Phi) is 3.68. The van der Waals surface area contributed by atoms with Gasteiger partial charge in [0.1, 0.15) is 0 Å². The van der Waals surface area contributed by atoms with Crippen molar-refractivity contribution >= 4 is 17.4 Å². The van der Waals surface area contributed by atoms with Gasteiger partial charge in [-0.1, -0.05) is 36.4 Å². The van der Waals surface area contributed by atoms with Crippen LogP contribution in [-0.4, -0.2) is 11.8 Å². The molecule has 0 fully saturated rings. The molecule has 1 heterocycles. The highest BCUT2D eigenvalue weighted by Gasteiger charge is 2.37. The van der Waals surface area contributed by atoms with Gasteiger partial charge in [-0.05, 0) is 54.2 Å². The van der Waals surface area contributed by atoms with Gasteiger partial charge < -0.3 is 15.2 Å². The van der Waals surface area contributed by atoms with Crippen LogP contribution in [0.1, 0.15) is 57.1 Å². The van der Waals surface area contributed by atoms with E-state index in [0.717, 1.165) is 28.8 Å². The summed E-state index contributed by atoms with van der Waals surface area (Å²) in [5.41, 5.74) is 4.18. The molecule has 0 saturated heterocycles. The fourth-order valence-electron chi connectivity index (χ4n) is 3.97. The van der Waals surface area contributed by atoms with Crippen molar-refractivity contribution in [3.63, 3.8) is 0 Å². The van der Waals surface area contributed by atoms with Crippen molar-refractivity contribution in [3.05, 3.63) is 76.9 Å². The summed E-state index contributed by atoms with van der Waals surface area (Å²) < 4.78 is 0. The monoisotopic (exact) mass is 332 g/mol. The highest BCUT2D eigenvalue weighted by Crippen LogP contribution is 2.49. The molecular formula is C21H18NO3-. The van der Waals surface area contributed by atoms with Gasteiger partial charge in [0.05, 0.1) is 12.0 Å². The summed E-state index contributed by atoms with van der Waals surface area (Å²) >= 11 is 0. The predicted molar refractivity (Wildman–Crippen MR) is 93.6 cm³/mol. The summed E-state index contributed by atoms with van der Waals surface area (Å²) in [5.74, 6) is -0.475. The summed E-state index contributed by atoms with van der Waals surface area (Å²) in [6, 6.07) is 12.8. The van der Waals surface area contributed by atoms with Gasteiger partial charge in [0, 0.05) is 17.2 Å². The Morgan fingerprint density at radius 1 is 1.08 bits per heavy atom. The fraction of sp³-hybridized carbons (Fsp3) is 0.238. The van der Waals surface area contributed by atoms with Crippen LogP contribution in [-0.2, 0) is 0 Å². The Morgan fingerprint density at radius 3 is 2.48 bits per heavy atom. The maximum Gasteiger partial charge on any atom is 0.159 e. The van der Waals surface area contributed by atoms with Gasteiger partial charge in [-0.15, -0.1) is 0 Å². The van der Waals surface area contributed by atoms with Crippen LogP contribution in [0.5, 0.6) is 0 Å². The summed E-state index contributed by atoms with van der Waals surface area (Å²) in [6.45, 7) is 1.58. The molecule has 3 atom stereocenters. The van der Waals surface area contributed by atoms with Crippen molar-refractivity contribution in [3.8, 4) is 0 Å². The molecule has 4 heteroatoms. The predicted octanol–water partition coefficient (Wildman–Crippen LogP) is 3.08. The average Bonchev–Trinajstić information content (AvgIpc) is 3.10. The molecule has 0 spiro atoms. The van der Waals surface area contributed by atoms with Crippen molar-refractivity contribution in [2.24, 2.45) is 5.92 Å². The molecular weight excluding hydrogens is 314 g/mol. The van der Waals surface area contributed by atoms with Crippen LogP contribution in [0, 0.1) is 5.92 Å². The standard InChI is InChI=1S/C21H19NO3/c1-12(23)15-9-10-19-18(11-15)16-3-2-4-17(16)20(22-19)13-5-7-14(8-6-13)21(24)25/h2-3,5-11,16-17,20,22H,4H2,1H3,(H,24,25)/p-1/t16-,17+,20-/m0/s1. The van der Waals surface area contributed by atoms with Crippen molar-refractivity contribution in [1.82, 2.24) is 0 Å². The Morgan fingerprint density at radius 2 is 1.80 bits per heavy atom. The number of nitrogens with one attached hydrogen (secondary N) is 1. The quantitative estimate of drug-likeness (QED) is 0.693. The van der Waals surface area contributed by atoms with Gasteiger partial charge in [-0.2, -0.15) is 0 Å². The molecule has 2 aromatic rings. The molecule has 4 rings (SSSR count). The van der Waals surface area contributed by atoms with Gasteiger partial charge in [-0.3, -0.25) is 4.79 Å². The lowest BCUT2D eigenvalue weighted by molar-refractivity contribution is -0.255. The van der Waals surface area contributed by atoms with Crippen LogP contribution in [0.15, 0.2) is 54.6 Å². The number of allylic oxidation sites excluding steroid dienone is 2. The molecule has 1 N–H and O–H groups in total. The number of ketones is 1. The molecule has 0 saturated carbocycles. The summed E-state index contributed by atoms with van der Waals surface area (Å²) in [6.07, 6.45) is 5.36. The van der Waals surface area contributed by atoms with E-state index in [0.29, 0.717) is 5.92 Å². The average molecular weight is 332 g/mol. The highest BCUT2D eigenvalue weighted by atomic mass is 16.4. The molecule has 4 nitrogen and oxygen atoms in total. The van der Waals surface area contributed by atoms with Crippen LogP contribution >= 0.6 is 0 Å². The fourth-order valence-corrected chi connectivity index (χ4v) is 3.97. The lowest BCUT2D eigenvalue weighted by Gasteiger charge is -2.37. The first-order valence-corrected chi connectivity index (χ1v) is 8.44. The number of carboxylic acids is 1. The van der Waals surface area contributed by atoms with E-state index in [9.17, 15) is 14.7 Å². The summed E-state index contributed by atoms with van der Waals surface area (Å²) in [4.78, 5) is 22.7. The maximum atomic E-state index is 11.7. The van der Waals surface area contributed by atoms with E-state index in [4.69, 9.17) is 0 Å². The lowest BCUT2D eigenvalue weighted by atomic mass is 9.76. The van der Waals surface area contributed by atoms with Crippen LogP contribution in [0.2, 0.25) is 0 Å². The van der Waals surface area contributed by atoms with E-state index in [-0.39, 0.29) is 23.3 Å². The smallest absolute Gasteiger partial charge is 0.159 e. The number of carbonyl (C=O) groups excluding carboxylic acids is 2. The van der Waals surface area contributed by atoms with E-state index >= 15 is 0 Å². The Balaban J connectivity index is 1.72. The molecule has 2 aliphatic rings. The number of fused-ring (bicyclic) bond motifs is 3. The minimum absolute atomic E-state index is 0.0707. The van der Waals surface area contributed by atoms with E-state index in [1.54, 1.807) is 19.1 Å². The van der Waals surface area contributed by atoms with Crippen molar-refractivity contribution in [2.75, 3.05) is 5.32 Å². The van der Waals surface area contributed by atoms with Gasteiger partial charge in [0.25, 0.3) is 0 Å². The minimum atomic E-state index is -1.16. The third-order valence-corrected chi connectivity index (χ3v) is 5.27. The summed E-state index contributed by atoms with van der Waals surface area (Å²) in [5, 5.41) is 14.5. The third kappa shape index (κ3) is 2.64. The SMILES string of the molecule is CC(=O)c1ccc2c(c1)[C@H]1C=CC[C@H]1[C@H](c1ccc(C(=O)[O-])cc1)N2. The number of aromatic carboxylic acids is 1. The van der Waals surface area contributed by atoms with Crippen LogP contribution < -0.4 is 10.4 Å². The maximum absolute atomic E-state index is 11.7. The topological polar surface area (TPSA) is 69.2 Å². The van der Waals surface area contributed by atoms with Gasteiger partial charge in [0.2, 0.25) is 0 Å². The minimum Gasteiger partial charge on any atom is -0.545 e. The lowest BCUT2D eigenvalue weighted by Crippen LogP contribution is -2.29. The molecule has 126 valence electrons. The van der Waals surface area contributed by atoms with Gasteiger partial charge in [0.15, 0.2) is 5.78 Å². The first-order chi connectivity index (χ1) is 12.0. The molecule has 0 radical (unpaired) electrons. The molecule has 0 bridgehead atoms. The number of carboxylic acid groups (broad SMARTS) is 1. The van der Waals surface area contributed by atoms with Crippen LogP contribution in [0.3, 0.4) is 0 Å². The zero-order chi connectivity index (χ0) is 17.6. The molecule has 1 aliphatic heterocycles. The van der Waals surface area contributed by atoms with E-state index in [2.05, 4.69) is 17.5 Å². The molecule has 2 aromatic carbocycles. The molecule has 0 amide bonds. The number of Topliss-reactive ketones (excluding diaryl/α,β-unsaturated/α-hetero) is 1. The second kappa shape index (κ2) is 5.88.